The van der Waals surface area contributed by atoms with Crippen molar-refractivity contribution < 1.29 is 43.6 Å². The van der Waals surface area contributed by atoms with Crippen molar-refractivity contribution in [3.05, 3.63) is 0 Å². The van der Waals surface area contributed by atoms with Gasteiger partial charge in [-0.3, -0.25) is 24.1 Å². The first kappa shape index (κ1) is 61.8. The van der Waals surface area contributed by atoms with Gasteiger partial charge in [-0.2, -0.15) is 0 Å². The van der Waals surface area contributed by atoms with E-state index in [2.05, 4.69) is 31.0 Å². The Morgan fingerprint density at radius 3 is 1.42 bits per heavy atom. The Labute approximate surface area is 393 Å². The van der Waals surface area contributed by atoms with E-state index in [1.165, 1.54) is 109 Å². The SMILES string of the molecule is CCCCCCCCCCCOC(=O)CCCCCN(CCCCCCCC(=O)OC(CCCCCCCC)CCCCCCCC)CCOC(=O)CCNC(=O)[C@H](O)C(C)(C)CO. The van der Waals surface area contributed by atoms with E-state index < -0.39 is 23.4 Å². The molecule has 0 aliphatic rings. The highest BCUT2D eigenvalue weighted by molar-refractivity contribution is 5.82. The molecule has 0 saturated carbocycles. The van der Waals surface area contributed by atoms with Crippen LogP contribution in [0.2, 0.25) is 0 Å². The van der Waals surface area contributed by atoms with Crippen LogP contribution in [0.5, 0.6) is 0 Å². The fourth-order valence-electron chi connectivity index (χ4n) is 7.92. The summed E-state index contributed by atoms with van der Waals surface area (Å²) in [6, 6.07) is 0. The highest BCUT2D eigenvalue weighted by atomic mass is 16.5. The third-order valence-electron chi connectivity index (χ3n) is 12.5. The molecule has 0 spiro atoms. The van der Waals surface area contributed by atoms with Gasteiger partial charge in [-0.05, 0) is 70.9 Å². The molecule has 1 atom stereocenters. The number of unbranched alkanes of at least 4 members (excludes halogenated alkanes) is 24. The van der Waals surface area contributed by atoms with Gasteiger partial charge in [0.2, 0.25) is 5.91 Å². The number of carbonyl (C=O) groups is 4. The highest BCUT2D eigenvalue weighted by Gasteiger charge is 2.32. The number of hydrogen-bond donors (Lipinski definition) is 3. The predicted molar refractivity (Wildman–Crippen MR) is 262 cm³/mol. The van der Waals surface area contributed by atoms with E-state index in [-0.39, 0.29) is 44.2 Å². The van der Waals surface area contributed by atoms with Crippen LogP contribution in [0.25, 0.3) is 0 Å². The van der Waals surface area contributed by atoms with Crippen molar-refractivity contribution in [3.8, 4) is 0 Å². The molecule has 0 aliphatic heterocycles. The summed E-state index contributed by atoms with van der Waals surface area (Å²) >= 11 is 0. The molecule has 0 saturated heterocycles. The first-order chi connectivity index (χ1) is 31.0. The summed E-state index contributed by atoms with van der Waals surface area (Å²) in [7, 11) is 0. The van der Waals surface area contributed by atoms with Gasteiger partial charge in [0.1, 0.15) is 18.8 Å². The topological polar surface area (TPSA) is 152 Å². The summed E-state index contributed by atoms with van der Waals surface area (Å²) in [6.07, 6.45) is 35.2. The van der Waals surface area contributed by atoms with Gasteiger partial charge < -0.3 is 29.7 Å². The van der Waals surface area contributed by atoms with Gasteiger partial charge in [0.15, 0.2) is 0 Å². The van der Waals surface area contributed by atoms with Gasteiger partial charge >= 0.3 is 17.9 Å². The average molecular weight is 911 g/mol. The minimum Gasteiger partial charge on any atom is -0.466 e. The summed E-state index contributed by atoms with van der Waals surface area (Å²) in [5.41, 5.74) is -0.985. The van der Waals surface area contributed by atoms with Crippen molar-refractivity contribution >= 4 is 23.8 Å². The maximum absolute atomic E-state index is 12.9. The Morgan fingerprint density at radius 2 is 0.906 bits per heavy atom. The molecule has 11 heteroatoms. The van der Waals surface area contributed by atoms with E-state index in [9.17, 15) is 29.4 Å². The van der Waals surface area contributed by atoms with E-state index in [0.717, 1.165) is 103 Å². The van der Waals surface area contributed by atoms with Crippen molar-refractivity contribution in [3.63, 3.8) is 0 Å². The zero-order valence-corrected chi connectivity index (χ0v) is 42.3. The number of hydrogen-bond acceptors (Lipinski definition) is 10. The lowest BCUT2D eigenvalue weighted by Gasteiger charge is -2.27. The van der Waals surface area contributed by atoms with Crippen LogP contribution in [0.1, 0.15) is 253 Å². The number of aliphatic hydroxyl groups is 2. The van der Waals surface area contributed by atoms with Crippen LogP contribution < -0.4 is 5.32 Å². The number of aliphatic hydroxyl groups excluding tert-OH is 2. The van der Waals surface area contributed by atoms with E-state index in [1.807, 2.05) is 0 Å². The fourth-order valence-corrected chi connectivity index (χ4v) is 7.92. The Morgan fingerprint density at radius 1 is 0.500 bits per heavy atom. The van der Waals surface area contributed by atoms with Crippen molar-refractivity contribution in [1.82, 2.24) is 10.2 Å². The Balaban J connectivity index is 4.70. The Bertz CT molecular complexity index is 1090. The summed E-state index contributed by atoms with van der Waals surface area (Å²) in [5, 5.41) is 22.2. The van der Waals surface area contributed by atoms with Crippen molar-refractivity contribution in [1.29, 1.82) is 0 Å². The molecule has 0 fully saturated rings. The number of rotatable bonds is 48. The third kappa shape index (κ3) is 39.0. The molecule has 0 aromatic heterocycles. The molecule has 0 bridgehead atoms. The minimum atomic E-state index is -1.38. The number of amides is 1. The molecule has 3 N–H and O–H groups in total. The molecule has 0 heterocycles. The van der Waals surface area contributed by atoms with Crippen LogP contribution in [0.4, 0.5) is 0 Å². The number of ether oxygens (including phenoxy) is 3. The molecule has 0 unspecified atom stereocenters. The number of carbonyl (C=O) groups excluding carboxylic acids is 4. The lowest BCUT2D eigenvalue weighted by molar-refractivity contribution is -0.150. The number of nitrogens with zero attached hydrogens (tertiary/aromatic N) is 1. The zero-order chi connectivity index (χ0) is 47.4. The van der Waals surface area contributed by atoms with Crippen LogP contribution in [-0.4, -0.2) is 97.1 Å². The molecule has 64 heavy (non-hydrogen) atoms. The van der Waals surface area contributed by atoms with Gasteiger partial charge in [-0.1, -0.05) is 176 Å². The minimum absolute atomic E-state index is 0.0142. The lowest BCUT2D eigenvalue weighted by atomic mass is 9.87. The highest BCUT2D eigenvalue weighted by Crippen LogP contribution is 2.20. The van der Waals surface area contributed by atoms with E-state index >= 15 is 0 Å². The number of esters is 3. The van der Waals surface area contributed by atoms with Crippen LogP contribution in [0.15, 0.2) is 0 Å². The summed E-state index contributed by atoms with van der Waals surface area (Å²) in [6.45, 7) is 12.7. The van der Waals surface area contributed by atoms with Gasteiger partial charge in [0, 0.05) is 31.3 Å². The Kier molecular flexibility index (Phi) is 43.0. The second kappa shape index (κ2) is 44.6. The monoisotopic (exact) mass is 911 g/mol. The van der Waals surface area contributed by atoms with Crippen molar-refractivity contribution in [2.45, 2.75) is 265 Å². The van der Waals surface area contributed by atoms with Crippen LogP contribution in [0.3, 0.4) is 0 Å². The first-order valence-corrected chi connectivity index (χ1v) is 26.8. The second-order valence-corrected chi connectivity index (χ2v) is 19.3. The van der Waals surface area contributed by atoms with E-state index in [4.69, 9.17) is 14.2 Å². The summed E-state index contributed by atoms with van der Waals surface area (Å²) in [4.78, 5) is 52.2. The fraction of sp³-hybridized carbons (Fsp3) is 0.925. The normalized spacial score (nSPS) is 12.2. The summed E-state index contributed by atoms with van der Waals surface area (Å²) in [5.74, 6) is -1.20. The molecule has 0 aromatic rings. The van der Waals surface area contributed by atoms with Crippen LogP contribution in [-0.2, 0) is 33.4 Å². The Hall–Kier alpha value is -2.24. The molecule has 0 radical (unpaired) electrons. The molecule has 11 nitrogen and oxygen atoms in total. The average Bonchev–Trinajstić information content (AvgIpc) is 3.28. The van der Waals surface area contributed by atoms with Gasteiger partial charge in [0.05, 0.1) is 19.6 Å². The third-order valence-corrected chi connectivity index (χ3v) is 12.5. The molecule has 378 valence electrons. The maximum atomic E-state index is 12.9. The van der Waals surface area contributed by atoms with Crippen LogP contribution in [0, 0.1) is 5.41 Å². The standard InChI is InChI=1S/C53H102N2O9/c1-6-9-12-15-18-19-20-26-34-44-62-48(57)37-31-27-33-42-55(43-45-63-49(58)39-40-54-52(61)51(60)53(4,5)46-56)41-32-25-21-24-30-38-50(59)64-47(35-28-22-16-13-10-7-2)36-29-23-17-14-11-8-3/h47,51,56,60H,6-46H2,1-5H3,(H,54,61)/t51-/m0/s1. The summed E-state index contributed by atoms with van der Waals surface area (Å²) < 4.78 is 17.0. The molecular weight excluding hydrogens is 809 g/mol. The molecule has 0 aliphatic carbocycles. The van der Waals surface area contributed by atoms with Crippen molar-refractivity contribution in [2.24, 2.45) is 5.41 Å². The second-order valence-electron chi connectivity index (χ2n) is 19.3. The quantitative estimate of drug-likeness (QED) is 0.0306. The van der Waals surface area contributed by atoms with E-state index in [0.29, 0.717) is 26.0 Å². The van der Waals surface area contributed by atoms with Gasteiger partial charge in [0.25, 0.3) is 0 Å². The largest absolute Gasteiger partial charge is 0.466 e. The zero-order valence-electron chi connectivity index (χ0n) is 42.3. The smallest absolute Gasteiger partial charge is 0.307 e. The first-order valence-electron chi connectivity index (χ1n) is 26.8. The number of nitrogens with one attached hydrogen (secondary N) is 1. The predicted octanol–water partition coefficient (Wildman–Crippen LogP) is 12.1. The molecule has 1 amide bonds. The van der Waals surface area contributed by atoms with Crippen molar-refractivity contribution in [2.75, 3.05) is 46.0 Å². The van der Waals surface area contributed by atoms with Gasteiger partial charge in [-0.15, -0.1) is 0 Å². The van der Waals surface area contributed by atoms with Crippen LogP contribution >= 0.6 is 0 Å². The molecule has 0 rings (SSSR count). The molecule has 0 aromatic carbocycles. The lowest BCUT2D eigenvalue weighted by Crippen LogP contribution is -2.46. The molecular formula is C53H102N2O9. The van der Waals surface area contributed by atoms with E-state index in [1.54, 1.807) is 13.8 Å². The maximum Gasteiger partial charge on any atom is 0.307 e. The van der Waals surface area contributed by atoms with Gasteiger partial charge in [-0.25, -0.2) is 0 Å².